The Morgan fingerprint density at radius 3 is 2.50 bits per heavy atom. The molecule has 1 amide bonds. The summed E-state index contributed by atoms with van der Waals surface area (Å²) in [7, 11) is 0. The highest BCUT2D eigenvalue weighted by Gasteiger charge is 2.19. The van der Waals surface area contributed by atoms with Crippen molar-refractivity contribution in [3.8, 4) is 11.5 Å². The van der Waals surface area contributed by atoms with E-state index in [0.717, 1.165) is 12.2 Å². The largest absolute Gasteiger partial charge is 0.494 e. The van der Waals surface area contributed by atoms with E-state index in [-0.39, 0.29) is 12.5 Å². The number of carbonyl (C=O) groups is 1. The zero-order valence-electron chi connectivity index (χ0n) is 10.4. The summed E-state index contributed by atoms with van der Waals surface area (Å²) in [6.45, 7) is 3.80. The fourth-order valence-electron chi connectivity index (χ4n) is 1.66. The third-order valence-electron chi connectivity index (χ3n) is 2.53. The van der Waals surface area contributed by atoms with Crippen molar-refractivity contribution in [1.82, 2.24) is 5.06 Å². The van der Waals surface area contributed by atoms with Gasteiger partial charge in [0.15, 0.2) is 6.61 Å². The zero-order valence-corrected chi connectivity index (χ0v) is 10.4. The first-order chi connectivity index (χ1) is 8.79. The van der Waals surface area contributed by atoms with Crippen LogP contribution in [0.4, 0.5) is 0 Å². The number of hydrogen-bond donors (Lipinski definition) is 0. The lowest BCUT2D eigenvalue weighted by Gasteiger charge is -2.14. The van der Waals surface area contributed by atoms with Crippen molar-refractivity contribution in [3.05, 3.63) is 24.3 Å². The molecule has 0 radical (unpaired) electrons. The molecule has 5 nitrogen and oxygen atoms in total. The quantitative estimate of drug-likeness (QED) is 0.798. The Morgan fingerprint density at radius 1 is 1.28 bits per heavy atom. The van der Waals surface area contributed by atoms with Crippen LogP contribution in [0.3, 0.4) is 0 Å². The first-order valence-corrected chi connectivity index (χ1v) is 6.08. The molecule has 5 heteroatoms. The van der Waals surface area contributed by atoms with Crippen molar-refractivity contribution in [2.45, 2.75) is 13.3 Å². The fraction of sp³-hybridized carbons (Fsp3) is 0.462. The molecule has 0 aliphatic carbocycles. The van der Waals surface area contributed by atoms with E-state index in [1.165, 1.54) is 5.06 Å². The van der Waals surface area contributed by atoms with Crippen molar-refractivity contribution in [2.75, 3.05) is 26.4 Å². The maximum atomic E-state index is 11.6. The van der Waals surface area contributed by atoms with Crippen LogP contribution in [0.25, 0.3) is 0 Å². The SMILES string of the molecule is CCOc1ccc(OCC(=O)N2CCCO2)cc1. The molecule has 1 fully saturated rings. The molecule has 0 spiro atoms. The Labute approximate surface area is 106 Å². The lowest BCUT2D eigenvalue weighted by Crippen LogP contribution is -2.31. The highest BCUT2D eigenvalue weighted by Crippen LogP contribution is 2.17. The van der Waals surface area contributed by atoms with Gasteiger partial charge in [-0.15, -0.1) is 0 Å². The van der Waals surface area contributed by atoms with Gasteiger partial charge in [-0.3, -0.25) is 9.63 Å². The van der Waals surface area contributed by atoms with Gasteiger partial charge in [-0.25, -0.2) is 5.06 Å². The molecule has 0 bridgehead atoms. The van der Waals surface area contributed by atoms with E-state index in [4.69, 9.17) is 14.3 Å². The monoisotopic (exact) mass is 251 g/mol. The molecule has 0 aromatic heterocycles. The minimum absolute atomic E-state index is 0.00597. The number of carbonyl (C=O) groups excluding carboxylic acids is 1. The molecule has 0 N–H and O–H groups in total. The molecule has 98 valence electrons. The van der Waals surface area contributed by atoms with Crippen LogP contribution in [-0.2, 0) is 9.63 Å². The third-order valence-corrected chi connectivity index (χ3v) is 2.53. The predicted molar refractivity (Wildman–Crippen MR) is 65.4 cm³/mol. The second kappa shape index (κ2) is 6.26. The molecule has 1 aromatic rings. The van der Waals surface area contributed by atoms with Crippen LogP contribution < -0.4 is 9.47 Å². The Bertz CT molecular complexity index is 384. The van der Waals surface area contributed by atoms with Gasteiger partial charge in [-0.1, -0.05) is 0 Å². The van der Waals surface area contributed by atoms with Gasteiger partial charge in [0.25, 0.3) is 5.91 Å². The lowest BCUT2D eigenvalue weighted by atomic mass is 10.3. The summed E-state index contributed by atoms with van der Waals surface area (Å²) < 4.78 is 10.7. The first-order valence-electron chi connectivity index (χ1n) is 6.08. The Morgan fingerprint density at radius 2 is 1.94 bits per heavy atom. The Balaban J connectivity index is 1.80. The molecule has 0 atom stereocenters. The number of nitrogens with zero attached hydrogens (tertiary/aromatic N) is 1. The number of rotatable bonds is 5. The maximum Gasteiger partial charge on any atom is 0.283 e. The number of amides is 1. The van der Waals surface area contributed by atoms with E-state index >= 15 is 0 Å². The van der Waals surface area contributed by atoms with Gasteiger partial charge in [-0.05, 0) is 37.6 Å². The molecule has 1 aromatic carbocycles. The molecule has 2 rings (SSSR count). The zero-order chi connectivity index (χ0) is 12.8. The fourth-order valence-corrected chi connectivity index (χ4v) is 1.66. The van der Waals surface area contributed by atoms with Crippen molar-refractivity contribution < 1.29 is 19.1 Å². The highest BCUT2D eigenvalue weighted by atomic mass is 16.7. The molecule has 1 aliphatic rings. The smallest absolute Gasteiger partial charge is 0.283 e. The van der Waals surface area contributed by atoms with Crippen LogP contribution in [0.1, 0.15) is 13.3 Å². The van der Waals surface area contributed by atoms with Gasteiger partial charge in [0.1, 0.15) is 11.5 Å². The number of ether oxygens (including phenoxy) is 2. The molecular weight excluding hydrogens is 234 g/mol. The summed E-state index contributed by atoms with van der Waals surface area (Å²) in [4.78, 5) is 16.8. The molecule has 1 saturated heterocycles. The summed E-state index contributed by atoms with van der Waals surface area (Å²) in [6.07, 6.45) is 0.884. The van der Waals surface area contributed by atoms with Crippen LogP contribution >= 0.6 is 0 Å². The second-order valence-electron chi connectivity index (χ2n) is 3.88. The van der Waals surface area contributed by atoms with Crippen molar-refractivity contribution >= 4 is 5.91 Å². The lowest BCUT2D eigenvalue weighted by molar-refractivity contribution is -0.170. The molecule has 18 heavy (non-hydrogen) atoms. The normalized spacial score (nSPS) is 14.6. The number of hydroxylamine groups is 2. The maximum absolute atomic E-state index is 11.6. The van der Waals surface area contributed by atoms with Crippen LogP contribution in [0, 0.1) is 0 Å². The van der Waals surface area contributed by atoms with Gasteiger partial charge in [0.2, 0.25) is 0 Å². The van der Waals surface area contributed by atoms with Gasteiger partial charge >= 0.3 is 0 Å². The van der Waals surface area contributed by atoms with Crippen molar-refractivity contribution in [2.24, 2.45) is 0 Å². The van der Waals surface area contributed by atoms with E-state index in [1.54, 1.807) is 12.1 Å². The molecule has 0 unspecified atom stereocenters. The number of benzene rings is 1. The highest BCUT2D eigenvalue weighted by molar-refractivity contribution is 5.76. The van der Waals surface area contributed by atoms with Crippen LogP contribution in [0.15, 0.2) is 24.3 Å². The van der Waals surface area contributed by atoms with Gasteiger partial charge < -0.3 is 9.47 Å². The average Bonchev–Trinajstić information content (AvgIpc) is 2.92. The molecule has 1 heterocycles. The predicted octanol–water partition coefficient (Wildman–Crippen LogP) is 1.63. The van der Waals surface area contributed by atoms with E-state index in [1.807, 2.05) is 19.1 Å². The summed E-state index contributed by atoms with van der Waals surface area (Å²) in [6, 6.07) is 7.19. The van der Waals surface area contributed by atoms with Crippen LogP contribution in [-0.4, -0.2) is 37.3 Å². The van der Waals surface area contributed by atoms with E-state index in [0.29, 0.717) is 25.5 Å². The standard InChI is InChI=1S/C13H17NO4/c1-2-16-11-4-6-12(7-5-11)17-10-13(15)14-8-3-9-18-14/h4-7H,2-3,8-10H2,1H3. The van der Waals surface area contributed by atoms with Crippen molar-refractivity contribution in [3.63, 3.8) is 0 Å². The topological polar surface area (TPSA) is 48.0 Å². The van der Waals surface area contributed by atoms with Crippen LogP contribution in [0.5, 0.6) is 11.5 Å². The van der Waals surface area contributed by atoms with Crippen molar-refractivity contribution in [1.29, 1.82) is 0 Å². The second-order valence-corrected chi connectivity index (χ2v) is 3.88. The van der Waals surface area contributed by atoms with E-state index < -0.39 is 0 Å². The van der Waals surface area contributed by atoms with Gasteiger partial charge in [0, 0.05) is 0 Å². The molecular formula is C13H17NO4. The summed E-state index contributed by atoms with van der Waals surface area (Å²) >= 11 is 0. The number of hydrogen-bond acceptors (Lipinski definition) is 4. The summed E-state index contributed by atoms with van der Waals surface area (Å²) in [5.74, 6) is 1.28. The molecule has 1 aliphatic heterocycles. The van der Waals surface area contributed by atoms with Gasteiger partial charge in [0.05, 0.1) is 19.8 Å². The van der Waals surface area contributed by atoms with E-state index in [9.17, 15) is 4.79 Å². The van der Waals surface area contributed by atoms with Gasteiger partial charge in [-0.2, -0.15) is 0 Å². The first kappa shape index (κ1) is 12.7. The Kier molecular flexibility index (Phi) is 4.41. The molecule has 0 saturated carbocycles. The van der Waals surface area contributed by atoms with E-state index in [2.05, 4.69) is 0 Å². The van der Waals surface area contributed by atoms with Crippen LogP contribution in [0.2, 0.25) is 0 Å². The minimum Gasteiger partial charge on any atom is -0.494 e. The minimum atomic E-state index is -0.151. The average molecular weight is 251 g/mol. The summed E-state index contributed by atoms with van der Waals surface area (Å²) in [5.41, 5.74) is 0. The summed E-state index contributed by atoms with van der Waals surface area (Å²) in [5, 5.41) is 1.36. The Hall–Kier alpha value is -1.75. The third kappa shape index (κ3) is 3.37.